The quantitative estimate of drug-likeness (QED) is 0.545. The number of aromatic nitrogens is 2. The second kappa shape index (κ2) is 4.85. The fraction of sp³-hybridized carbons (Fsp3) is 0. The smallest absolute Gasteiger partial charge is 0.182 e. The first-order valence-corrected chi connectivity index (χ1v) is 7.42. The standard InChI is InChI=1S/C13H7Br2FN2S/c14-8-2-1-3-9(15)12(8)18-11-6-7(16)4-5-10(11)17-13(18)19/h1-6H,(H,17,19). The SMILES string of the molecule is Fc1ccc2[nH]c(=S)n(-c3c(Br)cccc3Br)c2c1. The molecule has 0 atom stereocenters. The summed E-state index contributed by atoms with van der Waals surface area (Å²) in [6.07, 6.45) is 0. The minimum atomic E-state index is -0.293. The van der Waals surface area contributed by atoms with Crippen molar-refractivity contribution in [2.75, 3.05) is 0 Å². The van der Waals surface area contributed by atoms with Crippen LogP contribution in [0.1, 0.15) is 0 Å². The topological polar surface area (TPSA) is 20.7 Å². The highest BCUT2D eigenvalue weighted by Gasteiger charge is 2.13. The molecule has 0 bridgehead atoms. The first kappa shape index (κ1) is 13.0. The van der Waals surface area contributed by atoms with Crippen molar-refractivity contribution in [3.63, 3.8) is 0 Å². The number of nitrogens with zero attached hydrogens (tertiary/aromatic N) is 1. The summed E-state index contributed by atoms with van der Waals surface area (Å²) < 4.78 is 17.5. The molecule has 3 aromatic rings. The highest BCUT2D eigenvalue weighted by atomic mass is 79.9. The van der Waals surface area contributed by atoms with E-state index in [4.69, 9.17) is 12.2 Å². The molecule has 0 spiro atoms. The third-order valence-corrected chi connectivity index (χ3v) is 4.37. The van der Waals surface area contributed by atoms with Gasteiger partial charge in [0.15, 0.2) is 4.77 Å². The summed E-state index contributed by atoms with van der Waals surface area (Å²) in [6.45, 7) is 0. The minimum Gasteiger partial charge on any atom is -0.330 e. The van der Waals surface area contributed by atoms with Gasteiger partial charge < -0.3 is 4.98 Å². The van der Waals surface area contributed by atoms with E-state index >= 15 is 0 Å². The fourth-order valence-electron chi connectivity index (χ4n) is 2.00. The molecule has 0 unspecified atom stereocenters. The van der Waals surface area contributed by atoms with Gasteiger partial charge in [0, 0.05) is 15.0 Å². The second-order valence-corrected chi connectivity index (χ2v) is 6.09. The summed E-state index contributed by atoms with van der Waals surface area (Å²) in [4.78, 5) is 3.08. The van der Waals surface area contributed by atoms with Crippen molar-refractivity contribution in [3.8, 4) is 5.69 Å². The summed E-state index contributed by atoms with van der Waals surface area (Å²) in [6, 6.07) is 10.3. The zero-order valence-corrected chi connectivity index (χ0v) is 13.4. The Hall–Kier alpha value is -0.980. The molecule has 0 aliphatic rings. The molecular formula is C13H7Br2FN2S. The van der Waals surface area contributed by atoms with Crippen LogP contribution >= 0.6 is 44.1 Å². The Bertz CT molecular complexity index is 818. The Morgan fingerprint density at radius 3 is 2.47 bits per heavy atom. The third-order valence-electron chi connectivity index (χ3n) is 2.81. The van der Waals surface area contributed by atoms with Crippen molar-refractivity contribution in [1.82, 2.24) is 9.55 Å². The molecule has 6 heteroatoms. The molecule has 3 rings (SSSR count). The molecule has 0 saturated heterocycles. The Morgan fingerprint density at radius 2 is 1.79 bits per heavy atom. The number of fused-ring (bicyclic) bond motifs is 1. The van der Waals surface area contributed by atoms with Crippen molar-refractivity contribution in [2.24, 2.45) is 0 Å². The molecule has 0 saturated carbocycles. The van der Waals surface area contributed by atoms with Gasteiger partial charge in [-0.05, 0) is 68.3 Å². The van der Waals surface area contributed by atoms with E-state index in [2.05, 4.69) is 36.8 Å². The first-order chi connectivity index (χ1) is 9.08. The molecule has 1 heterocycles. The number of hydrogen-bond acceptors (Lipinski definition) is 1. The van der Waals surface area contributed by atoms with Crippen LogP contribution in [0.4, 0.5) is 4.39 Å². The van der Waals surface area contributed by atoms with Gasteiger partial charge >= 0.3 is 0 Å². The van der Waals surface area contributed by atoms with E-state index in [1.807, 2.05) is 22.8 Å². The van der Waals surface area contributed by atoms with Gasteiger partial charge in [0.1, 0.15) is 5.82 Å². The number of halogens is 3. The molecule has 0 radical (unpaired) electrons. The van der Waals surface area contributed by atoms with E-state index in [1.165, 1.54) is 12.1 Å². The van der Waals surface area contributed by atoms with E-state index in [-0.39, 0.29) is 5.82 Å². The van der Waals surface area contributed by atoms with E-state index in [0.29, 0.717) is 10.3 Å². The maximum atomic E-state index is 13.5. The summed E-state index contributed by atoms with van der Waals surface area (Å²) in [5.74, 6) is -0.293. The van der Waals surface area contributed by atoms with Gasteiger partial charge in [-0.3, -0.25) is 4.57 Å². The van der Waals surface area contributed by atoms with Gasteiger partial charge in [-0.1, -0.05) is 6.07 Å². The zero-order chi connectivity index (χ0) is 13.6. The van der Waals surface area contributed by atoms with Crippen LogP contribution in [0.15, 0.2) is 45.3 Å². The van der Waals surface area contributed by atoms with Crippen molar-refractivity contribution >= 4 is 55.1 Å². The van der Waals surface area contributed by atoms with E-state index in [9.17, 15) is 4.39 Å². The lowest BCUT2D eigenvalue weighted by atomic mass is 10.2. The molecule has 0 fully saturated rings. The van der Waals surface area contributed by atoms with Crippen molar-refractivity contribution in [3.05, 3.63) is 55.9 Å². The van der Waals surface area contributed by atoms with Gasteiger partial charge in [-0.2, -0.15) is 0 Å². The van der Waals surface area contributed by atoms with Crippen LogP contribution < -0.4 is 0 Å². The number of para-hydroxylation sites is 1. The van der Waals surface area contributed by atoms with Crippen molar-refractivity contribution in [2.45, 2.75) is 0 Å². The Labute approximate surface area is 130 Å². The predicted molar refractivity (Wildman–Crippen MR) is 83.8 cm³/mol. The summed E-state index contributed by atoms with van der Waals surface area (Å²) in [7, 11) is 0. The molecule has 2 nitrogen and oxygen atoms in total. The molecular weight excluding hydrogens is 395 g/mol. The van der Waals surface area contributed by atoms with E-state index in [0.717, 1.165) is 20.1 Å². The number of hydrogen-bond donors (Lipinski definition) is 1. The monoisotopic (exact) mass is 400 g/mol. The molecule has 0 aliphatic heterocycles. The molecule has 0 aliphatic carbocycles. The zero-order valence-electron chi connectivity index (χ0n) is 9.45. The number of aromatic amines is 1. The van der Waals surface area contributed by atoms with Crippen LogP contribution in [0.3, 0.4) is 0 Å². The predicted octanol–water partition coefficient (Wildman–Crippen LogP) is 5.35. The number of H-pyrrole nitrogens is 1. The second-order valence-electron chi connectivity index (χ2n) is 4.00. The van der Waals surface area contributed by atoms with Crippen LogP contribution in [0.2, 0.25) is 0 Å². The van der Waals surface area contributed by atoms with E-state index < -0.39 is 0 Å². The lowest BCUT2D eigenvalue weighted by molar-refractivity contribution is 0.629. The first-order valence-electron chi connectivity index (χ1n) is 5.42. The normalized spacial score (nSPS) is 11.1. The van der Waals surface area contributed by atoms with Crippen LogP contribution in [-0.2, 0) is 0 Å². The average molecular weight is 402 g/mol. The van der Waals surface area contributed by atoms with Gasteiger partial charge in [-0.15, -0.1) is 0 Å². The third kappa shape index (κ3) is 2.17. The number of imidazole rings is 1. The van der Waals surface area contributed by atoms with Gasteiger partial charge in [0.05, 0.1) is 16.7 Å². The summed E-state index contributed by atoms with van der Waals surface area (Å²) in [5.41, 5.74) is 2.36. The van der Waals surface area contributed by atoms with Crippen LogP contribution in [0, 0.1) is 10.6 Å². The van der Waals surface area contributed by atoms with Gasteiger partial charge in [-0.25, -0.2) is 4.39 Å². The molecule has 96 valence electrons. The van der Waals surface area contributed by atoms with E-state index in [1.54, 1.807) is 6.07 Å². The van der Waals surface area contributed by atoms with Crippen molar-refractivity contribution < 1.29 is 4.39 Å². The number of nitrogens with one attached hydrogen (secondary N) is 1. The summed E-state index contributed by atoms with van der Waals surface area (Å²) >= 11 is 12.3. The van der Waals surface area contributed by atoms with Crippen LogP contribution in [0.25, 0.3) is 16.7 Å². The minimum absolute atomic E-state index is 0.293. The highest BCUT2D eigenvalue weighted by molar-refractivity contribution is 9.11. The van der Waals surface area contributed by atoms with Crippen LogP contribution in [0.5, 0.6) is 0 Å². The maximum Gasteiger partial charge on any atom is 0.182 e. The molecule has 1 N–H and O–H groups in total. The highest BCUT2D eigenvalue weighted by Crippen LogP contribution is 2.32. The van der Waals surface area contributed by atoms with Gasteiger partial charge in [0.25, 0.3) is 0 Å². The largest absolute Gasteiger partial charge is 0.330 e. The maximum absolute atomic E-state index is 13.5. The van der Waals surface area contributed by atoms with Crippen molar-refractivity contribution in [1.29, 1.82) is 0 Å². The van der Waals surface area contributed by atoms with Crippen LogP contribution in [-0.4, -0.2) is 9.55 Å². The Kier molecular flexibility index (Phi) is 3.32. The molecule has 0 amide bonds. The molecule has 2 aromatic carbocycles. The summed E-state index contributed by atoms with van der Waals surface area (Å²) in [5, 5.41) is 0. The number of benzene rings is 2. The lowest BCUT2D eigenvalue weighted by Gasteiger charge is -2.09. The Balaban J connectivity index is 2.46. The Morgan fingerprint density at radius 1 is 1.11 bits per heavy atom. The molecule has 1 aromatic heterocycles. The fourth-order valence-corrected chi connectivity index (χ4v) is 3.65. The molecule has 19 heavy (non-hydrogen) atoms. The van der Waals surface area contributed by atoms with Gasteiger partial charge in [0.2, 0.25) is 0 Å². The lowest BCUT2D eigenvalue weighted by Crippen LogP contribution is -1.97. The average Bonchev–Trinajstić information content (AvgIpc) is 2.66. The number of rotatable bonds is 1.